The largest absolute Gasteiger partial charge is 0.394 e. The van der Waals surface area contributed by atoms with Crippen LogP contribution in [0.5, 0.6) is 0 Å². The highest BCUT2D eigenvalue weighted by Gasteiger charge is 2.50. The van der Waals surface area contributed by atoms with Crippen LogP contribution in [0.3, 0.4) is 0 Å². The predicted molar refractivity (Wildman–Crippen MR) is 136 cm³/mol. The van der Waals surface area contributed by atoms with Gasteiger partial charge in [-0.05, 0) is 0 Å². The Morgan fingerprint density at radius 3 is 2.10 bits per heavy atom. The maximum absolute atomic E-state index is 13.2. The first-order chi connectivity index (χ1) is 19.5. The number of nitrogens with zero attached hydrogens (tertiary/aromatic N) is 6. The summed E-state index contributed by atoms with van der Waals surface area (Å²) in [5, 5.41) is 31.3. The minimum atomic E-state index is -4.96. The third kappa shape index (κ3) is 4.69. The topological polar surface area (TPSA) is 305 Å². The molecule has 2 aliphatic heterocycles. The van der Waals surface area contributed by atoms with Crippen molar-refractivity contribution in [1.82, 2.24) is 39.0 Å². The van der Waals surface area contributed by atoms with Gasteiger partial charge in [0.2, 0.25) is 11.9 Å². The molecule has 0 amide bonds. The molecule has 6 heterocycles. The van der Waals surface area contributed by atoms with Crippen LogP contribution in [0, 0.1) is 0 Å². The molecule has 0 radical (unpaired) electrons. The molecule has 2 fully saturated rings. The highest BCUT2D eigenvalue weighted by Crippen LogP contribution is 2.54. The number of nitrogens with two attached hydrogens (primary N) is 2. The van der Waals surface area contributed by atoms with Crippen molar-refractivity contribution in [3.8, 4) is 0 Å². The number of hydrogen-bond acceptors (Lipinski definition) is 15. The number of imidazole rings is 2. The summed E-state index contributed by atoms with van der Waals surface area (Å²) < 4.78 is 32.7. The Morgan fingerprint density at radius 2 is 1.56 bits per heavy atom. The summed E-state index contributed by atoms with van der Waals surface area (Å²) in [5.41, 5.74) is 10.1. The number of anilines is 2. The third-order valence-corrected chi connectivity index (χ3v) is 8.47. The quantitative estimate of drug-likeness (QED) is 0.100. The number of aromatic amines is 2. The van der Waals surface area contributed by atoms with Crippen LogP contribution >= 0.6 is 7.60 Å². The van der Waals surface area contributed by atoms with Crippen molar-refractivity contribution in [2.45, 2.75) is 55.6 Å². The average molecular weight is 596 g/mol. The number of nitrogens with one attached hydrogen (secondary N) is 2. The summed E-state index contributed by atoms with van der Waals surface area (Å²) in [7, 11) is -4.96. The van der Waals surface area contributed by atoms with E-state index in [0.29, 0.717) is 0 Å². The molecule has 0 aliphatic carbocycles. The maximum atomic E-state index is 13.2. The van der Waals surface area contributed by atoms with Gasteiger partial charge in [0.05, 0.1) is 25.4 Å². The molecule has 20 nitrogen and oxygen atoms in total. The number of fused-ring (bicyclic) bond motifs is 2. The molecule has 6 rings (SSSR count). The monoisotopic (exact) mass is 596 g/mol. The molecule has 0 bridgehead atoms. The zero-order chi connectivity index (χ0) is 29.2. The Morgan fingerprint density at radius 1 is 1.02 bits per heavy atom. The summed E-state index contributed by atoms with van der Waals surface area (Å²) in [5.74, 6) is -2.57. The second-order valence-corrected chi connectivity index (χ2v) is 11.4. The van der Waals surface area contributed by atoms with Crippen LogP contribution < -0.4 is 22.6 Å². The Bertz CT molecular complexity index is 1790. The normalized spacial score (nSPS) is 28.9. The molecular weight excluding hydrogens is 571 g/mol. The lowest BCUT2D eigenvalue weighted by atomic mass is 10.2. The van der Waals surface area contributed by atoms with E-state index in [1.807, 2.05) is 0 Å². The van der Waals surface area contributed by atoms with E-state index in [0.717, 1.165) is 0 Å². The molecule has 0 aromatic carbocycles. The smallest absolute Gasteiger partial charge is 0.359 e. The number of aromatic nitrogens is 8. The molecule has 4 aromatic rings. The first-order valence-corrected chi connectivity index (χ1v) is 13.8. The van der Waals surface area contributed by atoms with Gasteiger partial charge in [0.1, 0.15) is 30.8 Å². The number of aliphatic hydroxyl groups is 3. The van der Waals surface area contributed by atoms with Crippen LogP contribution in [-0.2, 0) is 18.6 Å². The molecule has 21 heteroatoms. The first-order valence-electron chi connectivity index (χ1n) is 12.2. The third-order valence-electron chi connectivity index (χ3n) is 6.93. The van der Waals surface area contributed by atoms with Crippen molar-refractivity contribution in [1.29, 1.82) is 0 Å². The van der Waals surface area contributed by atoms with Crippen LogP contribution in [0.15, 0.2) is 22.2 Å². The SMILES string of the molecule is Nc1nc2c(ncn2[C@H]2C[C@H](O)[C@@H](C(O)P(=O)(O)O[C@H]3C[C@H](n4cnc5c(=O)[nH]c(N)nc54)O[C@@H]3CO)O2)c(=O)[nH]1. The van der Waals surface area contributed by atoms with Crippen LogP contribution in [0.1, 0.15) is 25.3 Å². The second-order valence-electron chi connectivity index (χ2n) is 9.58. The Balaban J connectivity index is 1.19. The fourth-order valence-electron chi connectivity index (χ4n) is 5.01. The van der Waals surface area contributed by atoms with Crippen LogP contribution in [0.4, 0.5) is 11.9 Å². The van der Waals surface area contributed by atoms with Gasteiger partial charge in [-0.2, -0.15) is 9.97 Å². The van der Waals surface area contributed by atoms with Crippen molar-refractivity contribution in [3.63, 3.8) is 0 Å². The lowest BCUT2D eigenvalue weighted by Gasteiger charge is -2.27. The highest BCUT2D eigenvalue weighted by molar-refractivity contribution is 7.53. The number of nitrogen functional groups attached to an aromatic ring is 2. The van der Waals surface area contributed by atoms with Crippen molar-refractivity contribution in [2.24, 2.45) is 0 Å². The zero-order valence-corrected chi connectivity index (χ0v) is 21.7. The number of rotatable bonds is 7. The molecule has 8 atom stereocenters. The van der Waals surface area contributed by atoms with E-state index in [1.54, 1.807) is 0 Å². The number of ether oxygens (including phenoxy) is 2. The van der Waals surface area contributed by atoms with E-state index in [1.165, 1.54) is 21.8 Å². The van der Waals surface area contributed by atoms with Gasteiger partial charge in [0, 0.05) is 12.8 Å². The number of H-pyrrole nitrogens is 2. The molecule has 2 aliphatic rings. The van der Waals surface area contributed by atoms with Crippen molar-refractivity contribution >= 4 is 41.8 Å². The minimum Gasteiger partial charge on any atom is -0.394 e. The van der Waals surface area contributed by atoms with E-state index in [-0.39, 0.29) is 47.1 Å². The summed E-state index contributed by atoms with van der Waals surface area (Å²) in [4.78, 5) is 55.6. The lowest BCUT2D eigenvalue weighted by Crippen LogP contribution is -2.37. The molecule has 41 heavy (non-hydrogen) atoms. The van der Waals surface area contributed by atoms with Crippen LogP contribution in [-0.4, -0.2) is 96.1 Å². The maximum Gasteiger partial charge on any atom is 0.359 e. The van der Waals surface area contributed by atoms with E-state index in [9.17, 15) is 34.4 Å². The number of aliphatic hydroxyl groups excluding tert-OH is 3. The van der Waals surface area contributed by atoms with Gasteiger partial charge in [-0.1, -0.05) is 0 Å². The van der Waals surface area contributed by atoms with Crippen LogP contribution in [0.25, 0.3) is 22.3 Å². The van der Waals surface area contributed by atoms with Gasteiger partial charge in [-0.15, -0.1) is 0 Å². The zero-order valence-electron chi connectivity index (χ0n) is 20.8. The van der Waals surface area contributed by atoms with Crippen LogP contribution in [0.2, 0.25) is 0 Å². The van der Waals surface area contributed by atoms with Gasteiger partial charge in [-0.25, -0.2) is 9.97 Å². The summed E-state index contributed by atoms with van der Waals surface area (Å²) in [6, 6.07) is 0. The predicted octanol–water partition coefficient (Wildman–Crippen LogP) is -2.77. The van der Waals surface area contributed by atoms with E-state index in [2.05, 4.69) is 29.9 Å². The lowest BCUT2D eigenvalue weighted by molar-refractivity contribution is -0.0689. The van der Waals surface area contributed by atoms with E-state index < -0.39 is 68.0 Å². The Hall–Kier alpha value is -3.75. The molecule has 2 saturated heterocycles. The van der Waals surface area contributed by atoms with E-state index in [4.69, 9.17) is 25.5 Å². The van der Waals surface area contributed by atoms with Gasteiger partial charge in [0.25, 0.3) is 11.1 Å². The van der Waals surface area contributed by atoms with Gasteiger partial charge < -0.3 is 45.7 Å². The number of hydrogen-bond donors (Lipinski definition) is 8. The van der Waals surface area contributed by atoms with Crippen molar-refractivity contribution in [2.75, 3.05) is 18.1 Å². The summed E-state index contributed by atoms with van der Waals surface area (Å²) in [6.07, 6.45) is -5.06. The molecule has 4 aromatic heterocycles. The summed E-state index contributed by atoms with van der Waals surface area (Å²) >= 11 is 0. The van der Waals surface area contributed by atoms with Gasteiger partial charge in [-0.3, -0.25) is 33.3 Å². The highest BCUT2D eigenvalue weighted by atomic mass is 31.2. The Kier molecular flexibility index (Phi) is 6.66. The molecule has 0 saturated carbocycles. The van der Waals surface area contributed by atoms with Gasteiger partial charge in [0.15, 0.2) is 28.2 Å². The fourth-order valence-corrected chi connectivity index (χ4v) is 6.39. The Labute approximate surface area is 227 Å². The summed E-state index contributed by atoms with van der Waals surface area (Å²) in [6.45, 7) is -0.617. The van der Waals surface area contributed by atoms with Crippen molar-refractivity contribution < 1.29 is 38.8 Å². The minimum absolute atomic E-state index is 0.0222. The standard InChI is InChI=1S/C20H25N10O10P/c21-19-25-14-11(16(33)27-19)23-4-29(14)9-1-6(32)13(39-9)18(35)41(36,37)40-7-2-10(38-8(7)3-31)30-5-24-12-15(30)26-20(22)28-17(12)34/h4-10,13,18,31-32,35H,1-3H2,(H,36,37)(H3,21,25,27,33)(H3,22,26,28,34)/t6-,7-,8+,9+,10+,13-,18?/m0/s1. The molecule has 220 valence electrons. The fraction of sp³-hybridized carbons (Fsp3) is 0.500. The van der Waals surface area contributed by atoms with Crippen molar-refractivity contribution in [3.05, 3.63) is 33.4 Å². The van der Waals surface area contributed by atoms with E-state index >= 15 is 0 Å². The molecule has 10 N–H and O–H groups in total. The molecule has 2 unspecified atom stereocenters. The molecule has 0 spiro atoms. The van der Waals surface area contributed by atoms with Gasteiger partial charge >= 0.3 is 7.60 Å². The molecular formula is C20H25N10O10P. The second kappa shape index (κ2) is 9.96. The average Bonchev–Trinajstić information content (AvgIpc) is 3.68. The first kappa shape index (κ1) is 27.4.